The normalized spacial score (nSPS) is 29.8. The molecule has 0 saturated heterocycles. The Kier molecular flexibility index (Phi) is 3.37. The molecule has 1 aromatic carbocycles. The molecule has 0 bridgehead atoms. The zero-order valence-electron chi connectivity index (χ0n) is 10.6. The van der Waals surface area contributed by atoms with Gasteiger partial charge in [0.05, 0.1) is 17.9 Å². The lowest BCUT2D eigenvalue weighted by atomic mass is 10.0. The third-order valence-corrected chi connectivity index (χ3v) is 5.15. The Bertz CT molecular complexity index is 620. The fourth-order valence-electron chi connectivity index (χ4n) is 2.75. The van der Waals surface area contributed by atoms with E-state index in [2.05, 4.69) is 6.07 Å². The Hall–Kier alpha value is -1.45. The van der Waals surface area contributed by atoms with Crippen molar-refractivity contribution in [3.8, 4) is 6.07 Å². The van der Waals surface area contributed by atoms with Crippen LogP contribution < -0.4 is 0 Å². The summed E-state index contributed by atoms with van der Waals surface area (Å²) < 4.78 is 41.5. The van der Waals surface area contributed by atoms with E-state index >= 15 is 0 Å². The first-order valence-corrected chi connectivity index (χ1v) is 7.67. The smallest absolute Gasteiger partial charge is 0.152 e. The second kappa shape index (κ2) is 4.58. The van der Waals surface area contributed by atoms with Crippen LogP contribution in [0.4, 0.5) is 4.39 Å². The topological polar surface area (TPSA) is 67.2 Å². The summed E-state index contributed by atoms with van der Waals surface area (Å²) >= 11 is 0. The monoisotopic (exact) mass is 283 g/mol. The van der Waals surface area contributed by atoms with Gasteiger partial charge < -0.3 is 4.74 Å². The molecule has 0 spiro atoms. The van der Waals surface area contributed by atoms with E-state index in [0.717, 1.165) is 6.26 Å². The van der Waals surface area contributed by atoms with Crippen LogP contribution in [-0.4, -0.2) is 33.6 Å². The summed E-state index contributed by atoms with van der Waals surface area (Å²) in [4.78, 5) is 0. The standard InChI is InChI=1S/C13H14FNO3S/c1-18-8-13(7-15)11(12(13)19(2,16)17)9-3-5-10(14)6-4-9/h3-6,11-12H,8H2,1-2H3/t11-,12+,13+/m1/s1. The lowest BCUT2D eigenvalue weighted by Gasteiger charge is -2.06. The molecule has 0 heterocycles. The molecule has 1 saturated carbocycles. The van der Waals surface area contributed by atoms with Crippen molar-refractivity contribution in [1.29, 1.82) is 5.26 Å². The van der Waals surface area contributed by atoms with Crippen LogP contribution in [0.5, 0.6) is 0 Å². The molecule has 19 heavy (non-hydrogen) atoms. The van der Waals surface area contributed by atoms with Crippen LogP contribution in [0.25, 0.3) is 0 Å². The average Bonchev–Trinajstić information content (AvgIpc) is 3.00. The summed E-state index contributed by atoms with van der Waals surface area (Å²) in [7, 11) is -1.95. The molecule has 0 aliphatic heterocycles. The highest BCUT2D eigenvalue weighted by molar-refractivity contribution is 7.91. The zero-order valence-corrected chi connectivity index (χ0v) is 11.4. The molecule has 1 aromatic rings. The van der Waals surface area contributed by atoms with Crippen molar-refractivity contribution < 1.29 is 17.5 Å². The highest BCUT2D eigenvalue weighted by atomic mass is 32.2. The number of ether oxygens (including phenoxy) is 1. The highest BCUT2D eigenvalue weighted by Gasteiger charge is 2.71. The Balaban J connectivity index is 2.44. The van der Waals surface area contributed by atoms with Crippen molar-refractivity contribution in [2.75, 3.05) is 20.0 Å². The van der Waals surface area contributed by atoms with Crippen molar-refractivity contribution in [2.45, 2.75) is 11.2 Å². The predicted molar refractivity (Wildman–Crippen MR) is 67.7 cm³/mol. The van der Waals surface area contributed by atoms with Crippen molar-refractivity contribution in [3.63, 3.8) is 0 Å². The first-order valence-electron chi connectivity index (χ1n) is 5.71. The third kappa shape index (κ3) is 2.24. The van der Waals surface area contributed by atoms with Gasteiger partial charge >= 0.3 is 0 Å². The minimum atomic E-state index is -3.38. The second-order valence-corrected chi connectivity index (χ2v) is 7.03. The lowest BCUT2D eigenvalue weighted by molar-refractivity contribution is 0.162. The molecule has 6 heteroatoms. The molecule has 102 valence electrons. The fourth-order valence-corrected chi connectivity index (χ4v) is 4.60. The minimum absolute atomic E-state index is 0.0449. The summed E-state index contributed by atoms with van der Waals surface area (Å²) in [5, 5.41) is 8.54. The van der Waals surface area contributed by atoms with Crippen LogP contribution in [0.1, 0.15) is 11.5 Å². The molecule has 1 aliphatic carbocycles. The minimum Gasteiger partial charge on any atom is -0.383 e. The second-order valence-electron chi connectivity index (χ2n) is 4.86. The van der Waals surface area contributed by atoms with Crippen molar-refractivity contribution in [1.82, 2.24) is 0 Å². The Morgan fingerprint density at radius 2 is 2.00 bits per heavy atom. The Labute approximate surface area is 111 Å². The molecular weight excluding hydrogens is 269 g/mol. The predicted octanol–water partition coefficient (Wildman–Crippen LogP) is 1.49. The van der Waals surface area contributed by atoms with Crippen LogP contribution in [-0.2, 0) is 14.6 Å². The van der Waals surface area contributed by atoms with E-state index in [9.17, 15) is 18.1 Å². The molecule has 3 atom stereocenters. The maximum Gasteiger partial charge on any atom is 0.152 e. The van der Waals surface area contributed by atoms with Gasteiger partial charge in [-0.3, -0.25) is 0 Å². The van der Waals surface area contributed by atoms with Crippen molar-refractivity contribution in [3.05, 3.63) is 35.6 Å². The maximum atomic E-state index is 12.9. The lowest BCUT2D eigenvalue weighted by Crippen LogP contribution is -2.17. The average molecular weight is 283 g/mol. The van der Waals surface area contributed by atoms with Gasteiger partial charge in [0.15, 0.2) is 9.84 Å². The van der Waals surface area contributed by atoms with Crippen molar-refractivity contribution in [2.24, 2.45) is 5.41 Å². The summed E-state index contributed by atoms with van der Waals surface area (Å²) in [6.07, 6.45) is 1.11. The van der Waals surface area contributed by atoms with Gasteiger partial charge in [0.2, 0.25) is 0 Å². The van der Waals surface area contributed by atoms with E-state index in [1.807, 2.05) is 0 Å². The van der Waals surface area contributed by atoms with Crippen LogP contribution in [0.3, 0.4) is 0 Å². The third-order valence-electron chi connectivity index (χ3n) is 3.54. The Morgan fingerprint density at radius 3 is 2.42 bits per heavy atom. The van der Waals surface area contributed by atoms with E-state index in [1.165, 1.54) is 31.4 Å². The zero-order chi connectivity index (χ0) is 14.3. The fraction of sp³-hybridized carbons (Fsp3) is 0.462. The van der Waals surface area contributed by atoms with Crippen LogP contribution >= 0.6 is 0 Å². The number of methoxy groups -OCH3 is 1. The Morgan fingerprint density at radius 1 is 1.42 bits per heavy atom. The van der Waals surface area contributed by atoms with Gasteiger partial charge in [-0.05, 0) is 17.7 Å². The van der Waals surface area contributed by atoms with Gasteiger partial charge in [0, 0.05) is 19.3 Å². The first-order chi connectivity index (χ1) is 8.86. The van der Waals surface area contributed by atoms with Crippen LogP contribution in [0.2, 0.25) is 0 Å². The van der Waals surface area contributed by atoms with E-state index in [4.69, 9.17) is 4.74 Å². The number of benzene rings is 1. The molecule has 0 amide bonds. The maximum absolute atomic E-state index is 12.9. The SMILES string of the molecule is COC[C@@]1(C#N)[C@H](c2ccc(F)cc2)[C@@H]1S(C)(=O)=O. The first kappa shape index (κ1) is 14.0. The van der Waals surface area contributed by atoms with E-state index in [1.54, 1.807) is 0 Å². The highest BCUT2D eigenvalue weighted by Crippen LogP contribution is 2.62. The number of sulfone groups is 1. The number of hydrogen-bond donors (Lipinski definition) is 0. The van der Waals surface area contributed by atoms with Crippen LogP contribution in [0, 0.1) is 22.6 Å². The number of halogens is 1. The van der Waals surface area contributed by atoms with Crippen LogP contribution in [0.15, 0.2) is 24.3 Å². The van der Waals surface area contributed by atoms with Gasteiger partial charge in [-0.1, -0.05) is 12.1 Å². The molecule has 2 rings (SSSR count). The van der Waals surface area contributed by atoms with Gasteiger partial charge in [-0.15, -0.1) is 0 Å². The molecule has 4 nitrogen and oxygen atoms in total. The largest absolute Gasteiger partial charge is 0.383 e. The summed E-state index contributed by atoms with van der Waals surface area (Å²) in [6, 6.07) is 7.65. The molecule has 1 aliphatic rings. The van der Waals surface area contributed by atoms with Gasteiger partial charge in [0.1, 0.15) is 11.2 Å². The van der Waals surface area contributed by atoms with E-state index in [-0.39, 0.29) is 6.61 Å². The summed E-state index contributed by atoms with van der Waals surface area (Å²) in [6.45, 7) is 0.0449. The van der Waals surface area contributed by atoms with E-state index in [0.29, 0.717) is 5.56 Å². The number of nitrogens with zero attached hydrogens (tertiary/aromatic N) is 1. The number of rotatable bonds is 4. The van der Waals surface area contributed by atoms with Gasteiger partial charge in [-0.2, -0.15) is 5.26 Å². The molecule has 0 N–H and O–H groups in total. The van der Waals surface area contributed by atoms with Gasteiger partial charge in [0.25, 0.3) is 0 Å². The molecule has 0 unspecified atom stereocenters. The molecule has 0 aromatic heterocycles. The van der Waals surface area contributed by atoms with E-state index < -0.39 is 32.2 Å². The number of hydrogen-bond acceptors (Lipinski definition) is 4. The number of nitriles is 1. The quantitative estimate of drug-likeness (QED) is 0.839. The molecule has 0 radical (unpaired) electrons. The molecule has 1 fully saturated rings. The van der Waals surface area contributed by atoms with Crippen molar-refractivity contribution >= 4 is 9.84 Å². The van der Waals surface area contributed by atoms with Gasteiger partial charge in [-0.25, -0.2) is 12.8 Å². The summed E-state index contributed by atoms with van der Waals surface area (Å²) in [5.74, 6) is -0.859. The summed E-state index contributed by atoms with van der Waals surface area (Å²) in [5.41, 5.74) is -0.421. The molecular formula is C13H14FNO3S.